The molecule has 2 aliphatic rings. The van der Waals surface area contributed by atoms with Gasteiger partial charge in [-0.3, -0.25) is 9.59 Å². The summed E-state index contributed by atoms with van der Waals surface area (Å²) in [4.78, 5) is 28.0. The molecule has 0 radical (unpaired) electrons. The quantitative estimate of drug-likeness (QED) is 0.563. The number of nitrogens with one attached hydrogen (secondary N) is 2. The van der Waals surface area contributed by atoms with E-state index in [1.54, 1.807) is 19.4 Å². The van der Waals surface area contributed by atoms with Crippen molar-refractivity contribution < 1.29 is 18.7 Å². The van der Waals surface area contributed by atoms with Gasteiger partial charge in [0.1, 0.15) is 23.2 Å². The molecule has 1 aliphatic heterocycles. The molecule has 3 rings (SSSR count). The van der Waals surface area contributed by atoms with Crippen LogP contribution in [0.2, 0.25) is 0 Å². The van der Waals surface area contributed by atoms with Crippen LogP contribution in [0.15, 0.2) is 42.1 Å². The number of fused-ring (bicyclic) bond motifs is 3. The fourth-order valence-corrected chi connectivity index (χ4v) is 4.14. The van der Waals surface area contributed by atoms with Crippen LogP contribution in [-0.2, 0) is 14.3 Å². The normalized spacial score (nSPS) is 21.8. The lowest BCUT2D eigenvalue weighted by atomic mass is 9.84. The monoisotopic (exact) mass is 417 g/mol. The van der Waals surface area contributed by atoms with Crippen molar-refractivity contribution >= 4 is 17.4 Å². The Balaban J connectivity index is 1.80. The number of nitrogens with two attached hydrogens (primary N) is 1. The highest BCUT2D eigenvalue weighted by molar-refractivity contribution is 6.19. The highest BCUT2D eigenvalue weighted by atomic mass is 19.1. The Morgan fingerprint density at radius 3 is 2.80 bits per heavy atom. The van der Waals surface area contributed by atoms with Crippen LogP contribution in [0, 0.1) is 11.8 Å². The third-order valence-electron chi connectivity index (χ3n) is 5.71. The largest absolute Gasteiger partial charge is 0.496 e. The lowest BCUT2D eigenvalue weighted by Crippen LogP contribution is -2.37. The van der Waals surface area contributed by atoms with Gasteiger partial charge in [-0.05, 0) is 18.9 Å². The van der Waals surface area contributed by atoms with Crippen LogP contribution in [-0.4, -0.2) is 48.2 Å². The summed E-state index contributed by atoms with van der Waals surface area (Å²) in [6.45, 7) is 2.12. The number of allylic oxidation sites excluding steroid dienone is 4. The van der Waals surface area contributed by atoms with Crippen LogP contribution in [0.25, 0.3) is 5.57 Å². The first-order chi connectivity index (χ1) is 14.4. The lowest BCUT2D eigenvalue weighted by molar-refractivity contribution is -0.127. The van der Waals surface area contributed by atoms with Gasteiger partial charge >= 0.3 is 0 Å². The predicted molar refractivity (Wildman–Crippen MR) is 110 cm³/mol. The maximum absolute atomic E-state index is 14.3. The van der Waals surface area contributed by atoms with Crippen molar-refractivity contribution in [3.05, 3.63) is 47.9 Å². The van der Waals surface area contributed by atoms with Crippen LogP contribution in [0.3, 0.4) is 0 Å². The number of ether oxygens (including phenoxy) is 1. The van der Waals surface area contributed by atoms with E-state index in [0.717, 1.165) is 0 Å². The van der Waals surface area contributed by atoms with E-state index in [1.807, 2.05) is 29.7 Å². The summed E-state index contributed by atoms with van der Waals surface area (Å²) in [5.74, 6) is -0.605. The molecule has 0 aromatic carbocycles. The number of amides is 2. The first-order valence-electron chi connectivity index (χ1n) is 10.1. The maximum atomic E-state index is 14.3. The molecular formula is C21H28FN5O3. The van der Waals surface area contributed by atoms with Gasteiger partial charge in [0.2, 0.25) is 0 Å². The number of carbonyl (C=O) groups excluding carboxylic acids is 2. The molecule has 0 saturated heterocycles. The zero-order valence-corrected chi connectivity index (χ0v) is 17.4. The summed E-state index contributed by atoms with van der Waals surface area (Å²) in [7, 11) is 3.17. The molecule has 30 heavy (non-hydrogen) atoms. The average molecular weight is 417 g/mol. The van der Waals surface area contributed by atoms with E-state index in [9.17, 15) is 14.0 Å². The number of imidazole rings is 1. The van der Waals surface area contributed by atoms with E-state index in [0.29, 0.717) is 35.7 Å². The van der Waals surface area contributed by atoms with Gasteiger partial charge in [-0.25, -0.2) is 9.37 Å². The van der Waals surface area contributed by atoms with E-state index in [4.69, 9.17) is 10.5 Å². The van der Waals surface area contributed by atoms with Gasteiger partial charge in [-0.15, -0.1) is 0 Å². The molecule has 4 N–H and O–H groups in total. The Kier molecular flexibility index (Phi) is 6.59. The fourth-order valence-electron chi connectivity index (χ4n) is 4.14. The van der Waals surface area contributed by atoms with Crippen LogP contribution in [0.1, 0.15) is 31.6 Å². The van der Waals surface area contributed by atoms with Gasteiger partial charge in [0.15, 0.2) is 6.17 Å². The summed E-state index contributed by atoms with van der Waals surface area (Å²) in [6, 6.07) is -0.238. The van der Waals surface area contributed by atoms with Gasteiger partial charge in [-0.2, -0.15) is 0 Å². The van der Waals surface area contributed by atoms with E-state index in [1.165, 1.54) is 7.05 Å². The number of aromatic nitrogens is 2. The molecule has 8 nitrogen and oxygen atoms in total. The lowest BCUT2D eigenvalue weighted by Gasteiger charge is -2.37. The third kappa shape index (κ3) is 3.83. The Morgan fingerprint density at radius 2 is 2.17 bits per heavy atom. The zero-order chi connectivity index (χ0) is 21.8. The Labute approximate surface area is 175 Å². The molecule has 0 saturated carbocycles. The van der Waals surface area contributed by atoms with Crippen LogP contribution < -0.4 is 16.4 Å². The number of halogens is 1. The first kappa shape index (κ1) is 21.6. The van der Waals surface area contributed by atoms with Crippen LogP contribution >= 0.6 is 0 Å². The number of carbonyl (C=O) groups is 2. The third-order valence-corrected chi connectivity index (χ3v) is 5.71. The number of hydrogen-bond acceptors (Lipinski definition) is 5. The van der Waals surface area contributed by atoms with E-state index in [-0.39, 0.29) is 18.6 Å². The Morgan fingerprint density at radius 1 is 1.40 bits per heavy atom. The molecule has 2 amide bonds. The second-order valence-electron chi connectivity index (χ2n) is 7.31. The van der Waals surface area contributed by atoms with Gasteiger partial charge in [0.05, 0.1) is 6.61 Å². The van der Waals surface area contributed by atoms with Crippen LogP contribution in [0.5, 0.6) is 0 Å². The van der Waals surface area contributed by atoms with Crippen molar-refractivity contribution in [2.75, 3.05) is 20.7 Å². The fraction of sp³-hybridized carbons (Fsp3) is 0.476. The number of primary amides is 1. The van der Waals surface area contributed by atoms with E-state index < -0.39 is 23.9 Å². The SMILES string of the molecule is CCC(CCOC1=CC=CC2C(NC)=C(C(N)=O)c3nccn3C12)C(F)C(=O)NC. The molecule has 1 aromatic heterocycles. The van der Waals surface area contributed by atoms with Gasteiger partial charge in [0.25, 0.3) is 11.8 Å². The Hall–Kier alpha value is -3.10. The molecule has 0 fully saturated rings. The molecule has 4 unspecified atom stereocenters. The summed E-state index contributed by atoms with van der Waals surface area (Å²) in [6.07, 6.45) is 8.49. The highest BCUT2D eigenvalue weighted by Crippen LogP contribution is 2.43. The number of rotatable bonds is 9. The molecular weight excluding hydrogens is 389 g/mol. The summed E-state index contributed by atoms with van der Waals surface area (Å²) >= 11 is 0. The Bertz CT molecular complexity index is 904. The summed E-state index contributed by atoms with van der Waals surface area (Å²) in [5.41, 5.74) is 6.67. The van der Waals surface area contributed by atoms with Gasteiger partial charge in [0, 0.05) is 44.0 Å². The second-order valence-corrected chi connectivity index (χ2v) is 7.31. The smallest absolute Gasteiger partial charge is 0.254 e. The van der Waals surface area contributed by atoms with Crippen molar-refractivity contribution in [1.82, 2.24) is 20.2 Å². The second kappa shape index (κ2) is 9.15. The average Bonchev–Trinajstić information content (AvgIpc) is 3.23. The number of hydrogen-bond donors (Lipinski definition) is 3. The van der Waals surface area contributed by atoms with Crippen LogP contribution in [0.4, 0.5) is 4.39 Å². The molecule has 0 spiro atoms. The minimum atomic E-state index is -1.57. The zero-order valence-electron chi connectivity index (χ0n) is 17.4. The minimum absolute atomic E-state index is 0.180. The van der Waals surface area contributed by atoms with Crippen molar-refractivity contribution in [2.24, 2.45) is 17.6 Å². The van der Waals surface area contributed by atoms with Crippen molar-refractivity contribution in [3.63, 3.8) is 0 Å². The van der Waals surface area contributed by atoms with Crippen molar-refractivity contribution in [2.45, 2.75) is 32.0 Å². The van der Waals surface area contributed by atoms with Crippen molar-refractivity contribution in [1.29, 1.82) is 0 Å². The molecule has 162 valence electrons. The van der Waals surface area contributed by atoms with E-state index >= 15 is 0 Å². The minimum Gasteiger partial charge on any atom is -0.496 e. The molecule has 2 heterocycles. The molecule has 0 bridgehead atoms. The summed E-state index contributed by atoms with van der Waals surface area (Å²) in [5, 5.41) is 5.45. The molecule has 1 aliphatic carbocycles. The first-order valence-corrected chi connectivity index (χ1v) is 10.1. The maximum Gasteiger partial charge on any atom is 0.254 e. The van der Waals surface area contributed by atoms with Gasteiger partial charge in [-0.1, -0.05) is 19.1 Å². The summed E-state index contributed by atoms with van der Waals surface area (Å²) < 4.78 is 22.2. The number of alkyl halides is 1. The molecule has 1 aromatic rings. The standard InChI is InChI=1S/C21H28FN5O3/c1-4-12(16(22)21(29)25-3)8-11-30-14-7-5-6-13-17(24-2)15(19(23)28)20-26-9-10-27(20)18(13)14/h5-7,9-10,12-13,16,18,24H,4,8,11H2,1-3H3,(H2,23,28)(H,25,29). The predicted octanol–water partition coefficient (Wildman–Crippen LogP) is 1.44. The van der Waals surface area contributed by atoms with Gasteiger partial charge < -0.3 is 25.7 Å². The topological polar surface area (TPSA) is 111 Å². The molecule has 4 atom stereocenters. The van der Waals surface area contributed by atoms with E-state index in [2.05, 4.69) is 15.6 Å². The van der Waals surface area contributed by atoms with Crippen molar-refractivity contribution in [3.8, 4) is 0 Å². The molecule has 9 heteroatoms. The highest BCUT2D eigenvalue weighted by Gasteiger charge is 2.40. The number of nitrogens with zero attached hydrogens (tertiary/aromatic N) is 2.